The maximum Gasteiger partial charge on any atom is 0.345 e. The first kappa shape index (κ1) is 19.6. The molecule has 0 heterocycles. The molecule has 0 bridgehead atoms. The zero-order valence-corrected chi connectivity index (χ0v) is 15.8. The van der Waals surface area contributed by atoms with Crippen molar-refractivity contribution in [3.63, 3.8) is 0 Å². The largest absolute Gasteiger partial charge is 0.452 e. The van der Waals surface area contributed by atoms with Gasteiger partial charge in [-0.05, 0) is 37.1 Å². The van der Waals surface area contributed by atoms with Crippen LogP contribution in [0.1, 0.15) is 34.5 Å². The fraction of sp³-hybridized carbons (Fsp3) is 0.222. The maximum atomic E-state index is 12.2. The molecule has 0 spiro atoms. The lowest BCUT2D eigenvalue weighted by Crippen LogP contribution is -2.31. The molecule has 2 aromatic rings. The average molecular weight is 421 g/mol. The molecule has 1 N–H and O–H groups in total. The summed E-state index contributed by atoms with van der Waals surface area (Å²) in [5.41, 5.74) is 0.806. The monoisotopic (exact) mass is 420 g/mol. The molecular weight excluding hydrogens is 404 g/mol. The van der Waals surface area contributed by atoms with Crippen molar-refractivity contribution in [3.8, 4) is 0 Å². The number of esters is 1. The van der Waals surface area contributed by atoms with Crippen LogP contribution in [0.25, 0.3) is 0 Å². The number of nitro groups is 1. The number of carbonyl (C=O) groups excluding carboxylic acids is 2. The van der Waals surface area contributed by atoms with Crippen LogP contribution in [0.2, 0.25) is 0 Å². The van der Waals surface area contributed by atoms with Gasteiger partial charge in [-0.3, -0.25) is 14.9 Å². The Morgan fingerprint density at radius 2 is 1.88 bits per heavy atom. The van der Waals surface area contributed by atoms with Gasteiger partial charge in [0.2, 0.25) is 0 Å². The number of amides is 1. The molecule has 136 valence electrons. The molecule has 1 amide bonds. The minimum absolute atomic E-state index is 0.147. The first-order valence-corrected chi connectivity index (χ1v) is 8.55. The molecule has 0 radical (unpaired) electrons. The number of hydrogen-bond acceptors (Lipinski definition) is 5. The van der Waals surface area contributed by atoms with Gasteiger partial charge >= 0.3 is 5.97 Å². The highest BCUT2D eigenvalue weighted by molar-refractivity contribution is 9.10. The zero-order chi connectivity index (χ0) is 19.3. The van der Waals surface area contributed by atoms with Crippen molar-refractivity contribution < 1.29 is 19.2 Å². The van der Waals surface area contributed by atoms with Crippen LogP contribution in [-0.4, -0.2) is 23.4 Å². The maximum absolute atomic E-state index is 12.2. The minimum atomic E-state index is -0.902. The van der Waals surface area contributed by atoms with Crippen LogP contribution in [0.15, 0.2) is 46.9 Å². The van der Waals surface area contributed by atoms with Gasteiger partial charge in [-0.25, -0.2) is 4.79 Å². The number of rotatable bonds is 6. The first-order valence-electron chi connectivity index (χ1n) is 7.75. The lowest BCUT2D eigenvalue weighted by atomic mass is 10.1. The van der Waals surface area contributed by atoms with Crippen molar-refractivity contribution in [2.24, 2.45) is 0 Å². The van der Waals surface area contributed by atoms with E-state index in [4.69, 9.17) is 4.74 Å². The third-order valence-corrected chi connectivity index (χ3v) is 4.26. The number of halogens is 1. The van der Waals surface area contributed by atoms with E-state index in [0.717, 1.165) is 10.0 Å². The van der Waals surface area contributed by atoms with Crippen LogP contribution in [0, 0.1) is 17.0 Å². The summed E-state index contributed by atoms with van der Waals surface area (Å²) in [7, 11) is 0. The van der Waals surface area contributed by atoms with Crippen molar-refractivity contribution in [1.29, 1.82) is 0 Å². The number of aryl methyl sites for hydroxylation is 1. The summed E-state index contributed by atoms with van der Waals surface area (Å²) >= 11 is 3.34. The highest BCUT2D eigenvalue weighted by Gasteiger charge is 2.24. The number of ether oxygens (including phenoxy) is 1. The number of nitro benzene ring substituents is 1. The highest BCUT2D eigenvalue weighted by atomic mass is 79.9. The average Bonchev–Trinajstić information content (AvgIpc) is 2.59. The van der Waals surface area contributed by atoms with Gasteiger partial charge < -0.3 is 10.1 Å². The second-order valence-corrected chi connectivity index (χ2v) is 6.56. The molecule has 2 rings (SSSR count). The SMILES string of the molecule is Cc1cccc([N+](=O)[O-])c1C(=O)OCC(=O)NC(C)c1ccc(Br)cc1. The molecule has 26 heavy (non-hydrogen) atoms. The Kier molecular flexibility index (Phi) is 6.46. The molecule has 0 saturated heterocycles. The standard InChI is InChI=1S/C18H17BrN2O5/c1-11-4-3-5-15(21(24)25)17(11)18(23)26-10-16(22)20-12(2)13-6-8-14(19)9-7-13/h3-9,12H,10H2,1-2H3,(H,20,22). The van der Waals surface area contributed by atoms with Gasteiger partial charge in [-0.15, -0.1) is 0 Å². The molecule has 0 fully saturated rings. The molecule has 0 aromatic heterocycles. The molecule has 1 unspecified atom stereocenters. The summed E-state index contributed by atoms with van der Waals surface area (Å²) in [5, 5.41) is 13.8. The Morgan fingerprint density at radius 1 is 1.23 bits per heavy atom. The summed E-state index contributed by atoms with van der Waals surface area (Å²) in [6, 6.07) is 11.4. The van der Waals surface area contributed by atoms with Crippen LogP contribution in [0.5, 0.6) is 0 Å². The second-order valence-electron chi connectivity index (χ2n) is 5.64. The van der Waals surface area contributed by atoms with E-state index in [-0.39, 0.29) is 17.3 Å². The molecule has 0 aliphatic heterocycles. The van der Waals surface area contributed by atoms with E-state index in [2.05, 4.69) is 21.2 Å². The number of hydrogen-bond donors (Lipinski definition) is 1. The molecular formula is C18H17BrN2O5. The topological polar surface area (TPSA) is 98.5 Å². The van der Waals surface area contributed by atoms with E-state index in [0.29, 0.717) is 5.56 Å². The third-order valence-electron chi connectivity index (χ3n) is 3.73. The minimum Gasteiger partial charge on any atom is -0.452 e. The lowest BCUT2D eigenvalue weighted by molar-refractivity contribution is -0.385. The smallest absolute Gasteiger partial charge is 0.345 e. The van der Waals surface area contributed by atoms with E-state index in [1.165, 1.54) is 12.1 Å². The van der Waals surface area contributed by atoms with E-state index in [9.17, 15) is 19.7 Å². The molecule has 0 aliphatic carbocycles. The van der Waals surface area contributed by atoms with Gasteiger partial charge in [-0.2, -0.15) is 0 Å². The van der Waals surface area contributed by atoms with Crippen molar-refractivity contribution in [2.45, 2.75) is 19.9 Å². The predicted octanol–water partition coefficient (Wildman–Crippen LogP) is 3.70. The van der Waals surface area contributed by atoms with Crippen molar-refractivity contribution in [1.82, 2.24) is 5.32 Å². The van der Waals surface area contributed by atoms with Crippen molar-refractivity contribution >= 4 is 33.5 Å². The Balaban J connectivity index is 1.98. The summed E-state index contributed by atoms with van der Waals surface area (Å²) in [6.45, 7) is 2.85. The number of benzene rings is 2. The van der Waals surface area contributed by atoms with Crippen LogP contribution in [0.4, 0.5) is 5.69 Å². The van der Waals surface area contributed by atoms with Gasteiger partial charge in [0.05, 0.1) is 11.0 Å². The van der Waals surface area contributed by atoms with Crippen LogP contribution in [0.3, 0.4) is 0 Å². The first-order chi connectivity index (χ1) is 12.3. The van der Waals surface area contributed by atoms with Crippen LogP contribution >= 0.6 is 15.9 Å². The van der Waals surface area contributed by atoms with E-state index < -0.39 is 23.4 Å². The van der Waals surface area contributed by atoms with E-state index >= 15 is 0 Å². The van der Waals surface area contributed by atoms with Gasteiger partial charge in [0.1, 0.15) is 5.56 Å². The van der Waals surface area contributed by atoms with Gasteiger partial charge in [0.15, 0.2) is 6.61 Å². The third kappa shape index (κ3) is 4.89. The Hall–Kier alpha value is -2.74. The van der Waals surface area contributed by atoms with E-state index in [1.54, 1.807) is 19.9 Å². The van der Waals surface area contributed by atoms with Gasteiger partial charge in [0, 0.05) is 10.5 Å². The molecule has 8 heteroatoms. The van der Waals surface area contributed by atoms with Gasteiger partial charge in [0.25, 0.3) is 11.6 Å². The van der Waals surface area contributed by atoms with Crippen LogP contribution in [-0.2, 0) is 9.53 Å². The zero-order valence-electron chi connectivity index (χ0n) is 14.2. The quantitative estimate of drug-likeness (QED) is 0.436. The lowest BCUT2D eigenvalue weighted by Gasteiger charge is -2.14. The number of carbonyl (C=O) groups is 2. The summed E-state index contributed by atoms with van der Waals surface area (Å²) in [6.07, 6.45) is 0. The Morgan fingerprint density at radius 3 is 2.50 bits per heavy atom. The normalized spacial score (nSPS) is 11.5. The summed E-state index contributed by atoms with van der Waals surface area (Å²) in [4.78, 5) is 34.6. The van der Waals surface area contributed by atoms with Gasteiger partial charge in [-0.1, -0.05) is 40.2 Å². The molecule has 0 saturated carbocycles. The molecule has 1 atom stereocenters. The number of nitrogens with one attached hydrogen (secondary N) is 1. The summed E-state index contributed by atoms with van der Waals surface area (Å²) in [5.74, 6) is -1.40. The van der Waals surface area contributed by atoms with Crippen LogP contribution < -0.4 is 5.32 Å². The fourth-order valence-electron chi connectivity index (χ4n) is 2.39. The number of nitrogens with zero attached hydrogens (tertiary/aromatic N) is 1. The molecule has 2 aromatic carbocycles. The Bertz CT molecular complexity index is 836. The summed E-state index contributed by atoms with van der Waals surface area (Å²) < 4.78 is 5.88. The van der Waals surface area contributed by atoms with E-state index in [1.807, 2.05) is 24.3 Å². The van der Waals surface area contributed by atoms with Crippen molar-refractivity contribution in [2.75, 3.05) is 6.61 Å². The second kappa shape index (κ2) is 8.57. The molecule has 0 aliphatic rings. The highest BCUT2D eigenvalue weighted by Crippen LogP contribution is 2.22. The molecule has 7 nitrogen and oxygen atoms in total. The van der Waals surface area contributed by atoms with Crippen molar-refractivity contribution in [3.05, 3.63) is 73.7 Å². The Labute approximate surface area is 158 Å². The predicted molar refractivity (Wildman–Crippen MR) is 98.8 cm³/mol. The fourth-order valence-corrected chi connectivity index (χ4v) is 2.66.